The molecule has 0 aromatic rings. The van der Waals surface area contributed by atoms with Crippen LogP contribution in [0.25, 0.3) is 0 Å². The van der Waals surface area contributed by atoms with Gasteiger partial charge in [-0.15, -0.1) is 0 Å². The van der Waals surface area contributed by atoms with Crippen LogP contribution in [0.4, 0.5) is 0 Å². The summed E-state index contributed by atoms with van der Waals surface area (Å²) in [7, 11) is 10.8. The summed E-state index contributed by atoms with van der Waals surface area (Å²) in [6, 6.07) is 0. The van der Waals surface area contributed by atoms with Gasteiger partial charge in [-0.2, -0.15) is 11.8 Å². The lowest BCUT2D eigenvalue weighted by molar-refractivity contribution is 0.0503. The highest BCUT2D eigenvalue weighted by atomic mass is 32.2. The zero-order valence-electron chi connectivity index (χ0n) is 23.4. The Bertz CT molecular complexity index is 362. The third-order valence-corrected chi connectivity index (χ3v) is 7.68. The predicted octanol–water partition coefficient (Wildman–Crippen LogP) is 1.95. The van der Waals surface area contributed by atoms with E-state index in [1.54, 1.807) is 0 Å². The molecule has 0 radical (unpaired) electrons. The van der Waals surface area contributed by atoms with E-state index in [2.05, 4.69) is 76.8 Å². The van der Waals surface area contributed by atoms with Gasteiger partial charge in [-0.3, -0.25) is 0 Å². The zero-order chi connectivity index (χ0) is 24.9. The van der Waals surface area contributed by atoms with Crippen molar-refractivity contribution in [2.45, 2.75) is 32.1 Å². The maximum Gasteiger partial charge on any atom is 0.0594 e. The average molecular weight is 503 g/mol. The third kappa shape index (κ3) is 20.3. The van der Waals surface area contributed by atoms with Crippen LogP contribution in [0.3, 0.4) is 0 Å². The SMILES string of the molecule is C1CCNC1.CN1CCCCC1.CN1CCN(C)CC1.CN1CCOCC1.CN1CCSCC1. The van der Waals surface area contributed by atoms with Gasteiger partial charge in [0.15, 0.2) is 0 Å². The number of ether oxygens (including phenoxy) is 1. The van der Waals surface area contributed by atoms with Crippen molar-refractivity contribution in [3.63, 3.8) is 0 Å². The second-order valence-electron chi connectivity index (χ2n) is 10.3. The molecule has 0 spiro atoms. The number of piperazine rings is 1. The van der Waals surface area contributed by atoms with E-state index in [4.69, 9.17) is 4.74 Å². The van der Waals surface area contributed by atoms with Gasteiger partial charge in [-0.05, 0) is 87.1 Å². The number of likely N-dealkylation sites (N-methyl/N-ethyl adjacent to an activating group) is 3. The first-order valence-corrected chi connectivity index (χ1v) is 14.9. The van der Waals surface area contributed by atoms with Crippen molar-refractivity contribution in [2.75, 3.05) is 138 Å². The summed E-state index contributed by atoms with van der Waals surface area (Å²) < 4.78 is 5.10. The van der Waals surface area contributed by atoms with Gasteiger partial charge in [0.25, 0.3) is 0 Å². The summed E-state index contributed by atoms with van der Waals surface area (Å²) in [6.45, 7) is 16.7. The Morgan fingerprint density at radius 2 is 0.882 bits per heavy atom. The number of hydrogen-bond acceptors (Lipinski definition) is 8. The average Bonchev–Trinajstić information content (AvgIpc) is 3.44. The Hall–Kier alpha value is 0.0700. The van der Waals surface area contributed by atoms with Crippen LogP contribution in [-0.2, 0) is 4.74 Å². The van der Waals surface area contributed by atoms with Gasteiger partial charge in [0.05, 0.1) is 13.2 Å². The fraction of sp³-hybridized carbons (Fsp3) is 1.00. The van der Waals surface area contributed by atoms with E-state index in [-0.39, 0.29) is 0 Å². The summed E-state index contributed by atoms with van der Waals surface area (Å²) in [6.07, 6.45) is 7.05. The molecule has 5 fully saturated rings. The van der Waals surface area contributed by atoms with Gasteiger partial charge in [0.1, 0.15) is 0 Å². The third-order valence-electron chi connectivity index (χ3n) is 6.73. The fourth-order valence-corrected chi connectivity index (χ4v) is 4.98. The van der Waals surface area contributed by atoms with Crippen LogP contribution in [-0.4, -0.2) is 163 Å². The van der Waals surface area contributed by atoms with E-state index in [1.165, 1.54) is 109 Å². The van der Waals surface area contributed by atoms with Crippen LogP contribution in [0.2, 0.25) is 0 Å². The second kappa shape index (κ2) is 22.3. The van der Waals surface area contributed by atoms with E-state index in [9.17, 15) is 0 Å². The minimum Gasteiger partial charge on any atom is -0.379 e. The summed E-state index contributed by atoms with van der Waals surface area (Å²) in [4.78, 5) is 11.8. The van der Waals surface area contributed by atoms with Crippen LogP contribution < -0.4 is 5.32 Å². The molecule has 34 heavy (non-hydrogen) atoms. The Kier molecular flexibility index (Phi) is 21.0. The van der Waals surface area contributed by atoms with Gasteiger partial charge in [-0.25, -0.2) is 0 Å². The Labute approximate surface area is 216 Å². The molecular formula is C26H58N6OS. The van der Waals surface area contributed by atoms with Gasteiger partial charge < -0.3 is 34.6 Å². The number of piperidine rings is 1. The molecule has 8 heteroatoms. The van der Waals surface area contributed by atoms with Gasteiger partial charge in [0.2, 0.25) is 0 Å². The van der Waals surface area contributed by atoms with E-state index in [1.807, 2.05) is 0 Å². The zero-order valence-corrected chi connectivity index (χ0v) is 24.2. The van der Waals surface area contributed by atoms with E-state index >= 15 is 0 Å². The molecule has 7 nitrogen and oxygen atoms in total. The highest BCUT2D eigenvalue weighted by Crippen LogP contribution is 2.06. The van der Waals surface area contributed by atoms with Crippen molar-refractivity contribution < 1.29 is 4.74 Å². The molecule has 0 aromatic carbocycles. The van der Waals surface area contributed by atoms with Crippen LogP contribution in [0.1, 0.15) is 32.1 Å². The van der Waals surface area contributed by atoms with Crippen molar-refractivity contribution in [3.05, 3.63) is 0 Å². The highest BCUT2D eigenvalue weighted by molar-refractivity contribution is 7.99. The molecule has 1 N–H and O–H groups in total. The molecule has 5 heterocycles. The molecule has 0 atom stereocenters. The largest absolute Gasteiger partial charge is 0.379 e. The summed E-state index contributed by atoms with van der Waals surface area (Å²) in [5, 5.41) is 3.22. The van der Waals surface area contributed by atoms with Crippen LogP contribution >= 0.6 is 11.8 Å². The molecule has 5 saturated heterocycles. The van der Waals surface area contributed by atoms with Crippen molar-refractivity contribution in [1.29, 1.82) is 0 Å². The Morgan fingerprint density at radius 3 is 1.15 bits per heavy atom. The Morgan fingerprint density at radius 1 is 0.471 bits per heavy atom. The fourth-order valence-electron chi connectivity index (χ4n) is 3.89. The number of nitrogens with zero attached hydrogens (tertiary/aromatic N) is 5. The van der Waals surface area contributed by atoms with Gasteiger partial charge in [0, 0.05) is 63.9 Å². The van der Waals surface area contributed by atoms with Crippen molar-refractivity contribution in [3.8, 4) is 0 Å². The summed E-state index contributed by atoms with van der Waals surface area (Å²) >= 11 is 2.06. The van der Waals surface area contributed by atoms with Crippen LogP contribution in [0.5, 0.6) is 0 Å². The standard InChI is InChI=1S/C6H14N2.C6H13N.C5H11NO.C5H11NS.C4H9N/c1-7-3-5-8(2)6-4-7;1-7-5-3-2-4-6-7;2*1-6-2-4-7-5-3-6;1-2-4-5-3-1/h3-6H2,1-2H3;2-6H2,1H3;2*2-5H2,1H3;5H,1-4H2. The Balaban J connectivity index is 0.000000214. The second-order valence-corrected chi connectivity index (χ2v) is 11.5. The number of nitrogens with one attached hydrogen (secondary N) is 1. The summed E-state index contributed by atoms with van der Waals surface area (Å²) in [5.41, 5.74) is 0. The summed E-state index contributed by atoms with van der Waals surface area (Å²) in [5.74, 6) is 2.66. The quantitative estimate of drug-likeness (QED) is 0.539. The highest BCUT2D eigenvalue weighted by Gasteiger charge is 2.08. The molecule has 0 saturated carbocycles. The van der Waals surface area contributed by atoms with Gasteiger partial charge in [-0.1, -0.05) is 6.42 Å². The smallest absolute Gasteiger partial charge is 0.0594 e. The molecule has 204 valence electrons. The van der Waals surface area contributed by atoms with E-state index in [0.29, 0.717) is 0 Å². The first-order valence-electron chi connectivity index (χ1n) is 13.8. The van der Waals surface area contributed by atoms with Crippen molar-refractivity contribution >= 4 is 11.8 Å². The number of hydrogen-bond donors (Lipinski definition) is 1. The molecular weight excluding hydrogens is 444 g/mol. The van der Waals surface area contributed by atoms with Gasteiger partial charge >= 0.3 is 0 Å². The molecule has 0 aliphatic carbocycles. The number of thioether (sulfide) groups is 1. The molecule has 0 unspecified atom stereocenters. The molecule has 5 aliphatic heterocycles. The molecule has 0 bridgehead atoms. The number of rotatable bonds is 0. The van der Waals surface area contributed by atoms with E-state index < -0.39 is 0 Å². The maximum absolute atomic E-state index is 5.10. The van der Waals surface area contributed by atoms with Crippen LogP contribution in [0, 0.1) is 0 Å². The lowest BCUT2D eigenvalue weighted by Gasteiger charge is -2.28. The minimum atomic E-state index is 0.913. The first-order chi connectivity index (χ1) is 16.5. The molecule has 0 amide bonds. The van der Waals surface area contributed by atoms with Crippen LogP contribution in [0.15, 0.2) is 0 Å². The lowest BCUT2D eigenvalue weighted by Crippen LogP contribution is -2.42. The monoisotopic (exact) mass is 502 g/mol. The minimum absolute atomic E-state index is 0.913. The molecule has 5 rings (SSSR count). The lowest BCUT2D eigenvalue weighted by atomic mass is 10.1. The molecule has 5 aliphatic rings. The topological polar surface area (TPSA) is 37.5 Å². The normalized spacial score (nSPS) is 25.3. The molecule has 0 aromatic heterocycles. The first kappa shape index (κ1) is 32.1. The predicted molar refractivity (Wildman–Crippen MR) is 152 cm³/mol. The number of likely N-dealkylation sites (tertiary alicyclic amines) is 1. The van der Waals surface area contributed by atoms with E-state index in [0.717, 1.165) is 26.3 Å². The van der Waals surface area contributed by atoms with Crippen molar-refractivity contribution in [1.82, 2.24) is 29.8 Å². The number of morpholine rings is 1. The maximum atomic E-state index is 5.10. The van der Waals surface area contributed by atoms with Crippen molar-refractivity contribution in [2.24, 2.45) is 0 Å².